The Bertz CT molecular complexity index is 570. The van der Waals surface area contributed by atoms with Crippen LogP contribution in [0.1, 0.15) is 42.5 Å². The van der Waals surface area contributed by atoms with Crippen LogP contribution in [-0.2, 0) is 0 Å². The van der Waals surface area contributed by atoms with Crippen molar-refractivity contribution in [1.82, 2.24) is 15.1 Å². The quantitative estimate of drug-likeness (QED) is 0.931. The molecule has 3 rings (SSSR count). The van der Waals surface area contributed by atoms with Gasteiger partial charge in [-0.3, -0.25) is 4.79 Å². The van der Waals surface area contributed by atoms with Crippen LogP contribution in [0.3, 0.4) is 0 Å². The number of aromatic nitrogens is 2. The second-order valence-corrected chi connectivity index (χ2v) is 5.32. The van der Waals surface area contributed by atoms with Crippen molar-refractivity contribution in [2.24, 2.45) is 0 Å². The lowest BCUT2D eigenvalue weighted by atomic mass is 9.95. The highest BCUT2D eigenvalue weighted by Gasteiger charge is 2.17. The molecule has 4 nitrogen and oxygen atoms in total. The number of rotatable bonds is 3. The van der Waals surface area contributed by atoms with Gasteiger partial charge in [0.1, 0.15) is 0 Å². The Hall–Kier alpha value is -2.10. The molecule has 1 aromatic carbocycles. The van der Waals surface area contributed by atoms with E-state index in [0.717, 1.165) is 18.5 Å². The largest absolute Gasteiger partial charge is 0.349 e. The zero-order valence-corrected chi connectivity index (χ0v) is 11.5. The van der Waals surface area contributed by atoms with Gasteiger partial charge >= 0.3 is 0 Å². The lowest BCUT2D eigenvalue weighted by molar-refractivity contribution is 0.0927. The maximum Gasteiger partial charge on any atom is 0.254 e. The molecule has 2 aromatic rings. The fraction of sp³-hybridized carbons (Fsp3) is 0.375. The number of carbonyl (C=O) groups is 1. The molecule has 0 bridgehead atoms. The highest BCUT2D eigenvalue weighted by molar-refractivity contribution is 5.94. The van der Waals surface area contributed by atoms with Crippen LogP contribution in [0, 0.1) is 0 Å². The summed E-state index contributed by atoms with van der Waals surface area (Å²) in [6, 6.07) is 10.1. The molecular weight excluding hydrogens is 250 g/mol. The van der Waals surface area contributed by atoms with Crippen molar-refractivity contribution in [3.63, 3.8) is 0 Å². The van der Waals surface area contributed by atoms with Crippen molar-refractivity contribution >= 4 is 5.91 Å². The van der Waals surface area contributed by atoms with E-state index in [0.29, 0.717) is 11.6 Å². The molecule has 0 radical (unpaired) electrons. The maximum absolute atomic E-state index is 12.2. The van der Waals surface area contributed by atoms with Crippen molar-refractivity contribution < 1.29 is 4.79 Å². The van der Waals surface area contributed by atoms with Crippen LogP contribution in [0.4, 0.5) is 0 Å². The molecule has 104 valence electrons. The van der Waals surface area contributed by atoms with Gasteiger partial charge in [0, 0.05) is 12.2 Å². The van der Waals surface area contributed by atoms with Gasteiger partial charge in [-0.1, -0.05) is 37.5 Å². The Morgan fingerprint density at radius 1 is 1.15 bits per heavy atom. The van der Waals surface area contributed by atoms with Crippen molar-refractivity contribution in [2.45, 2.75) is 38.1 Å². The summed E-state index contributed by atoms with van der Waals surface area (Å²) in [6.45, 7) is 0. The molecule has 1 heterocycles. The lowest BCUT2D eigenvalue weighted by Gasteiger charge is -2.22. The second-order valence-electron chi connectivity index (χ2n) is 5.32. The molecule has 0 unspecified atom stereocenters. The van der Waals surface area contributed by atoms with E-state index >= 15 is 0 Å². The van der Waals surface area contributed by atoms with E-state index in [1.165, 1.54) is 19.3 Å². The van der Waals surface area contributed by atoms with E-state index in [1.54, 1.807) is 17.1 Å². The third kappa shape index (κ3) is 2.90. The molecule has 1 aliphatic rings. The first-order valence-electron chi connectivity index (χ1n) is 7.24. The van der Waals surface area contributed by atoms with Gasteiger partial charge in [0.05, 0.1) is 17.4 Å². The molecule has 1 aliphatic carbocycles. The van der Waals surface area contributed by atoms with Gasteiger partial charge in [0.15, 0.2) is 0 Å². The number of para-hydroxylation sites is 1. The summed E-state index contributed by atoms with van der Waals surface area (Å²) in [5.74, 6) is -0.0147. The number of hydrogen-bond donors (Lipinski definition) is 1. The van der Waals surface area contributed by atoms with Crippen LogP contribution in [0.2, 0.25) is 0 Å². The lowest BCUT2D eigenvalue weighted by Crippen LogP contribution is -2.35. The molecule has 0 saturated heterocycles. The fourth-order valence-corrected chi connectivity index (χ4v) is 2.68. The first-order chi connectivity index (χ1) is 9.83. The molecule has 0 aliphatic heterocycles. The van der Waals surface area contributed by atoms with E-state index in [-0.39, 0.29) is 5.91 Å². The van der Waals surface area contributed by atoms with Gasteiger partial charge in [-0.2, -0.15) is 5.10 Å². The Kier molecular flexibility index (Phi) is 3.81. The minimum absolute atomic E-state index is 0.0147. The topological polar surface area (TPSA) is 46.9 Å². The van der Waals surface area contributed by atoms with Crippen molar-refractivity contribution in [2.75, 3.05) is 0 Å². The summed E-state index contributed by atoms with van der Waals surface area (Å²) >= 11 is 0. The van der Waals surface area contributed by atoms with Crippen LogP contribution in [0.25, 0.3) is 5.69 Å². The summed E-state index contributed by atoms with van der Waals surface area (Å²) in [7, 11) is 0. The molecule has 1 saturated carbocycles. The van der Waals surface area contributed by atoms with Gasteiger partial charge < -0.3 is 5.32 Å². The third-order valence-electron chi connectivity index (χ3n) is 3.81. The first kappa shape index (κ1) is 12.9. The van der Waals surface area contributed by atoms with Crippen molar-refractivity contribution in [3.8, 4) is 5.69 Å². The average Bonchev–Trinajstić information content (AvgIpc) is 2.99. The van der Waals surface area contributed by atoms with Crippen LogP contribution in [-0.4, -0.2) is 21.7 Å². The van der Waals surface area contributed by atoms with Gasteiger partial charge in [-0.05, 0) is 25.0 Å². The molecule has 4 heteroatoms. The van der Waals surface area contributed by atoms with E-state index in [9.17, 15) is 4.79 Å². The van der Waals surface area contributed by atoms with Crippen molar-refractivity contribution in [3.05, 3.63) is 48.3 Å². The molecule has 0 atom stereocenters. The van der Waals surface area contributed by atoms with Gasteiger partial charge in [0.2, 0.25) is 0 Å². The molecule has 1 N–H and O–H groups in total. The summed E-state index contributed by atoms with van der Waals surface area (Å²) in [6.07, 6.45) is 9.33. The Morgan fingerprint density at radius 3 is 2.65 bits per heavy atom. The van der Waals surface area contributed by atoms with E-state index in [2.05, 4.69) is 10.4 Å². The zero-order valence-electron chi connectivity index (χ0n) is 11.5. The molecular formula is C16H19N3O. The standard InChI is InChI=1S/C16H19N3O/c20-16(18-14-7-3-1-4-8-14)13-11-17-19(12-13)15-9-5-2-6-10-15/h2,5-6,9-12,14H,1,3-4,7-8H2,(H,18,20). The number of nitrogens with zero attached hydrogens (tertiary/aromatic N) is 2. The first-order valence-corrected chi connectivity index (χ1v) is 7.24. The van der Waals surface area contributed by atoms with Gasteiger partial charge in [0.25, 0.3) is 5.91 Å². The number of carbonyl (C=O) groups excluding carboxylic acids is 1. The Balaban J connectivity index is 1.68. The number of amides is 1. The molecule has 1 amide bonds. The van der Waals surface area contributed by atoms with Gasteiger partial charge in [-0.25, -0.2) is 4.68 Å². The van der Waals surface area contributed by atoms with E-state index in [1.807, 2.05) is 30.3 Å². The molecule has 1 aromatic heterocycles. The summed E-state index contributed by atoms with van der Waals surface area (Å²) in [4.78, 5) is 12.2. The van der Waals surface area contributed by atoms with E-state index in [4.69, 9.17) is 0 Å². The smallest absolute Gasteiger partial charge is 0.254 e. The Labute approximate surface area is 118 Å². The number of hydrogen-bond acceptors (Lipinski definition) is 2. The maximum atomic E-state index is 12.2. The molecule has 20 heavy (non-hydrogen) atoms. The predicted octanol–water partition coefficient (Wildman–Crippen LogP) is 2.93. The van der Waals surface area contributed by atoms with E-state index < -0.39 is 0 Å². The van der Waals surface area contributed by atoms with Crippen LogP contribution < -0.4 is 5.32 Å². The highest BCUT2D eigenvalue weighted by atomic mass is 16.1. The summed E-state index contributed by atoms with van der Waals surface area (Å²) in [5, 5.41) is 7.36. The molecule has 1 fully saturated rings. The van der Waals surface area contributed by atoms with Crippen LogP contribution in [0.5, 0.6) is 0 Å². The minimum Gasteiger partial charge on any atom is -0.349 e. The zero-order chi connectivity index (χ0) is 13.8. The normalized spacial score (nSPS) is 16.0. The second kappa shape index (κ2) is 5.90. The number of nitrogens with one attached hydrogen (secondary N) is 1. The van der Waals surface area contributed by atoms with Crippen molar-refractivity contribution in [1.29, 1.82) is 0 Å². The average molecular weight is 269 g/mol. The number of benzene rings is 1. The van der Waals surface area contributed by atoms with Crippen LogP contribution >= 0.6 is 0 Å². The summed E-state index contributed by atoms with van der Waals surface area (Å²) < 4.78 is 1.73. The third-order valence-corrected chi connectivity index (χ3v) is 3.81. The monoisotopic (exact) mass is 269 g/mol. The Morgan fingerprint density at radius 2 is 1.90 bits per heavy atom. The minimum atomic E-state index is -0.0147. The predicted molar refractivity (Wildman–Crippen MR) is 77.9 cm³/mol. The fourth-order valence-electron chi connectivity index (χ4n) is 2.68. The van der Waals surface area contributed by atoms with Crippen LogP contribution in [0.15, 0.2) is 42.7 Å². The summed E-state index contributed by atoms with van der Waals surface area (Å²) in [5.41, 5.74) is 1.59. The van der Waals surface area contributed by atoms with Gasteiger partial charge in [-0.15, -0.1) is 0 Å². The highest BCUT2D eigenvalue weighted by Crippen LogP contribution is 2.18. The molecule has 0 spiro atoms. The SMILES string of the molecule is O=C(NC1CCCCC1)c1cnn(-c2ccccc2)c1.